The van der Waals surface area contributed by atoms with Gasteiger partial charge in [-0.2, -0.15) is 0 Å². The van der Waals surface area contributed by atoms with Crippen LogP contribution >= 0.6 is 0 Å². The van der Waals surface area contributed by atoms with E-state index in [2.05, 4.69) is 33.0 Å². The molecular formula is C23H28N4O2. The van der Waals surface area contributed by atoms with E-state index in [-0.39, 0.29) is 0 Å². The zero-order chi connectivity index (χ0) is 20.2. The second-order valence-electron chi connectivity index (χ2n) is 7.47. The molecule has 3 aromatic rings. The number of rotatable bonds is 6. The van der Waals surface area contributed by atoms with Gasteiger partial charge in [0.15, 0.2) is 0 Å². The quantitative estimate of drug-likeness (QED) is 0.699. The Hall–Kier alpha value is -2.83. The molecule has 0 aliphatic carbocycles. The Kier molecular flexibility index (Phi) is 5.83. The standard InChI is InChI=1S/C23H28N4O2/c1-25-11-10-24-23(25)22(28)20-8-3-4-9-21(20)27-14-12-26(13-15-27)17-18-6-5-7-19(16-18)29-2/h3-11,16,22,28H,12-15,17H2,1-2H3/t22-/m0/s1. The second kappa shape index (κ2) is 8.68. The molecule has 1 aliphatic heterocycles. The number of benzene rings is 2. The minimum Gasteiger partial charge on any atom is -0.497 e. The van der Waals surface area contributed by atoms with Crippen molar-refractivity contribution in [1.29, 1.82) is 0 Å². The highest BCUT2D eigenvalue weighted by Crippen LogP contribution is 2.30. The first kappa shape index (κ1) is 19.5. The second-order valence-corrected chi connectivity index (χ2v) is 7.47. The number of piperazine rings is 1. The minimum atomic E-state index is -0.735. The number of methoxy groups -OCH3 is 1. The van der Waals surface area contributed by atoms with Gasteiger partial charge >= 0.3 is 0 Å². The summed E-state index contributed by atoms with van der Waals surface area (Å²) in [5, 5.41) is 10.9. The molecule has 2 aromatic carbocycles. The molecule has 152 valence electrons. The molecule has 4 rings (SSSR count). The summed E-state index contributed by atoms with van der Waals surface area (Å²) in [6, 6.07) is 16.4. The number of hydrogen-bond donors (Lipinski definition) is 1. The fourth-order valence-electron chi connectivity index (χ4n) is 3.96. The van der Waals surface area contributed by atoms with Gasteiger partial charge in [0.1, 0.15) is 17.7 Å². The van der Waals surface area contributed by atoms with Crippen molar-refractivity contribution in [2.24, 2.45) is 7.05 Å². The van der Waals surface area contributed by atoms with Crippen LogP contribution < -0.4 is 9.64 Å². The Balaban J connectivity index is 1.44. The van der Waals surface area contributed by atoms with Crippen LogP contribution in [-0.4, -0.2) is 52.8 Å². The Labute approximate surface area is 172 Å². The molecule has 6 heteroatoms. The van der Waals surface area contributed by atoms with Crippen LogP contribution in [0.5, 0.6) is 5.75 Å². The molecule has 0 amide bonds. The molecule has 0 unspecified atom stereocenters. The highest BCUT2D eigenvalue weighted by molar-refractivity contribution is 5.56. The van der Waals surface area contributed by atoms with Gasteiger partial charge in [-0.05, 0) is 23.8 Å². The predicted octanol–water partition coefficient (Wildman–Crippen LogP) is 2.83. The van der Waals surface area contributed by atoms with Gasteiger partial charge < -0.3 is 19.3 Å². The van der Waals surface area contributed by atoms with Crippen LogP contribution in [0.15, 0.2) is 60.9 Å². The summed E-state index contributed by atoms with van der Waals surface area (Å²) in [7, 11) is 3.61. The van der Waals surface area contributed by atoms with Gasteiger partial charge in [-0.1, -0.05) is 30.3 Å². The van der Waals surface area contributed by atoms with Crippen molar-refractivity contribution in [3.05, 3.63) is 77.9 Å². The van der Waals surface area contributed by atoms with Gasteiger partial charge in [0.25, 0.3) is 0 Å². The molecule has 1 atom stereocenters. The maximum atomic E-state index is 10.9. The molecular weight excluding hydrogens is 364 g/mol. The normalized spacial score (nSPS) is 16.0. The van der Waals surface area contributed by atoms with E-state index in [1.54, 1.807) is 13.3 Å². The summed E-state index contributed by atoms with van der Waals surface area (Å²) in [6.45, 7) is 4.72. The number of aliphatic hydroxyl groups is 1. The van der Waals surface area contributed by atoms with Crippen molar-refractivity contribution in [2.75, 3.05) is 38.2 Å². The first-order valence-corrected chi connectivity index (χ1v) is 10.00. The predicted molar refractivity (Wildman–Crippen MR) is 114 cm³/mol. The maximum absolute atomic E-state index is 10.9. The molecule has 2 heterocycles. The number of anilines is 1. The maximum Gasteiger partial charge on any atom is 0.142 e. The third-order valence-electron chi connectivity index (χ3n) is 5.59. The topological polar surface area (TPSA) is 53.8 Å². The van der Waals surface area contributed by atoms with E-state index in [0.29, 0.717) is 5.82 Å². The number of aromatic nitrogens is 2. The molecule has 0 spiro atoms. The van der Waals surface area contributed by atoms with Crippen LogP contribution in [0.2, 0.25) is 0 Å². The van der Waals surface area contributed by atoms with Crippen LogP contribution in [0.25, 0.3) is 0 Å². The van der Waals surface area contributed by atoms with E-state index >= 15 is 0 Å². The smallest absolute Gasteiger partial charge is 0.142 e. The molecule has 1 saturated heterocycles. The molecule has 0 bridgehead atoms. The lowest BCUT2D eigenvalue weighted by molar-refractivity contribution is 0.205. The fraction of sp³-hybridized carbons (Fsp3) is 0.348. The summed E-state index contributed by atoms with van der Waals surface area (Å²) >= 11 is 0. The third-order valence-corrected chi connectivity index (χ3v) is 5.59. The van der Waals surface area contributed by atoms with E-state index in [1.165, 1.54) is 5.56 Å². The Morgan fingerprint density at radius 2 is 1.86 bits per heavy atom. The van der Waals surface area contributed by atoms with Crippen molar-refractivity contribution in [3.63, 3.8) is 0 Å². The van der Waals surface area contributed by atoms with Gasteiger partial charge in [-0.3, -0.25) is 4.90 Å². The highest BCUT2D eigenvalue weighted by atomic mass is 16.5. The molecule has 29 heavy (non-hydrogen) atoms. The first-order valence-electron chi connectivity index (χ1n) is 10.00. The number of imidazole rings is 1. The van der Waals surface area contributed by atoms with Crippen molar-refractivity contribution < 1.29 is 9.84 Å². The zero-order valence-electron chi connectivity index (χ0n) is 17.0. The van der Waals surface area contributed by atoms with E-state index in [0.717, 1.165) is 49.7 Å². The monoisotopic (exact) mass is 392 g/mol. The van der Waals surface area contributed by atoms with Gasteiger partial charge in [0.2, 0.25) is 0 Å². The lowest BCUT2D eigenvalue weighted by Gasteiger charge is -2.37. The van der Waals surface area contributed by atoms with E-state index in [1.807, 2.05) is 48.1 Å². The number of hydrogen-bond acceptors (Lipinski definition) is 5. The molecule has 1 N–H and O–H groups in total. The van der Waals surface area contributed by atoms with Crippen molar-refractivity contribution in [3.8, 4) is 5.75 Å². The lowest BCUT2D eigenvalue weighted by Crippen LogP contribution is -2.46. The number of nitrogens with zero attached hydrogens (tertiary/aromatic N) is 4. The van der Waals surface area contributed by atoms with Crippen molar-refractivity contribution >= 4 is 5.69 Å². The van der Waals surface area contributed by atoms with Crippen LogP contribution in [0, 0.1) is 0 Å². The number of ether oxygens (including phenoxy) is 1. The van der Waals surface area contributed by atoms with Crippen LogP contribution in [0.4, 0.5) is 5.69 Å². The molecule has 1 aromatic heterocycles. The van der Waals surface area contributed by atoms with E-state index in [4.69, 9.17) is 4.74 Å². The largest absolute Gasteiger partial charge is 0.497 e. The molecule has 0 radical (unpaired) electrons. The van der Waals surface area contributed by atoms with Gasteiger partial charge in [0.05, 0.1) is 7.11 Å². The van der Waals surface area contributed by atoms with Gasteiger partial charge in [-0.15, -0.1) is 0 Å². The van der Waals surface area contributed by atoms with Crippen LogP contribution in [0.3, 0.4) is 0 Å². The molecule has 1 fully saturated rings. The average Bonchev–Trinajstić information content (AvgIpc) is 3.20. The van der Waals surface area contributed by atoms with Gasteiger partial charge in [-0.25, -0.2) is 4.98 Å². The van der Waals surface area contributed by atoms with Crippen molar-refractivity contribution in [2.45, 2.75) is 12.6 Å². The first-order chi connectivity index (χ1) is 14.2. The van der Waals surface area contributed by atoms with Crippen LogP contribution in [-0.2, 0) is 13.6 Å². The summed E-state index contributed by atoms with van der Waals surface area (Å²) in [5.74, 6) is 1.56. The third kappa shape index (κ3) is 4.28. The minimum absolute atomic E-state index is 0.661. The SMILES string of the molecule is COc1cccc(CN2CCN(c3ccccc3[C@H](O)c3nccn3C)CC2)c1. The average molecular weight is 393 g/mol. The Bertz CT molecular complexity index is 947. The lowest BCUT2D eigenvalue weighted by atomic mass is 10.0. The summed E-state index contributed by atoms with van der Waals surface area (Å²) in [5.41, 5.74) is 3.26. The molecule has 1 aliphatic rings. The number of aryl methyl sites for hydroxylation is 1. The van der Waals surface area contributed by atoms with E-state index in [9.17, 15) is 5.11 Å². The Morgan fingerprint density at radius 3 is 2.59 bits per heavy atom. The highest BCUT2D eigenvalue weighted by Gasteiger charge is 2.24. The summed E-state index contributed by atoms with van der Waals surface area (Å²) in [4.78, 5) is 9.15. The molecule has 0 saturated carbocycles. The summed E-state index contributed by atoms with van der Waals surface area (Å²) < 4.78 is 7.20. The zero-order valence-corrected chi connectivity index (χ0v) is 17.0. The summed E-state index contributed by atoms with van der Waals surface area (Å²) in [6.07, 6.45) is 2.85. The Morgan fingerprint density at radius 1 is 1.07 bits per heavy atom. The van der Waals surface area contributed by atoms with E-state index < -0.39 is 6.10 Å². The fourth-order valence-corrected chi connectivity index (χ4v) is 3.96. The number of aliphatic hydroxyl groups excluding tert-OH is 1. The van der Waals surface area contributed by atoms with Gasteiger partial charge in [0, 0.05) is 63.4 Å². The van der Waals surface area contributed by atoms with Crippen LogP contribution in [0.1, 0.15) is 23.1 Å². The van der Waals surface area contributed by atoms with Crippen molar-refractivity contribution in [1.82, 2.24) is 14.5 Å². The molecule has 6 nitrogen and oxygen atoms in total. The number of para-hydroxylation sites is 1.